The Labute approximate surface area is 179 Å². The number of carbonyl (C=O) groups is 4. The summed E-state index contributed by atoms with van der Waals surface area (Å²) < 4.78 is 0. The highest BCUT2D eigenvalue weighted by Crippen LogP contribution is 2.01. The molecule has 12 N–H and O–H groups in total. The van der Waals surface area contributed by atoms with E-state index >= 15 is 0 Å². The van der Waals surface area contributed by atoms with Crippen LogP contribution in [0, 0.1) is 0 Å². The molecule has 0 aliphatic heterocycles. The van der Waals surface area contributed by atoms with Gasteiger partial charge in [-0.1, -0.05) is 0 Å². The summed E-state index contributed by atoms with van der Waals surface area (Å²) in [5, 5.41) is 35.2. The summed E-state index contributed by atoms with van der Waals surface area (Å²) in [4.78, 5) is 51.7. The summed E-state index contributed by atoms with van der Waals surface area (Å²) in [5.41, 5.74) is 15.9. The molecule has 0 rings (SSSR count). The summed E-state index contributed by atoms with van der Waals surface area (Å²) >= 11 is 0. The van der Waals surface area contributed by atoms with Gasteiger partial charge in [0.25, 0.3) is 0 Å². The van der Waals surface area contributed by atoms with Crippen LogP contribution < -0.4 is 33.2 Å². The number of aliphatic imine (C=N–C) groups is 1. The largest absolute Gasteiger partial charge is 0.480 e. The number of nitrogens with zero attached hydrogens (tertiary/aromatic N) is 1. The maximum Gasteiger partial charge on any atom is 0.326 e. The van der Waals surface area contributed by atoms with Crippen LogP contribution in [0.2, 0.25) is 0 Å². The number of nitrogens with two attached hydrogens (primary N) is 3. The molecule has 0 heterocycles. The first-order chi connectivity index (χ1) is 14.3. The average Bonchev–Trinajstić information content (AvgIpc) is 2.66. The Kier molecular flexibility index (Phi) is 12.1. The predicted octanol–water partition coefficient (Wildman–Crippen LogP) is -4.31. The summed E-state index contributed by atoms with van der Waals surface area (Å²) in [5.74, 6) is -3.98. The van der Waals surface area contributed by atoms with Gasteiger partial charge >= 0.3 is 5.97 Å². The number of nitrogens with one attached hydrogen (secondary N) is 3. The third-order valence-corrected chi connectivity index (χ3v) is 4.20. The van der Waals surface area contributed by atoms with E-state index in [-0.39, 0.29) is 25.3 Å². The molecule has 0 aromatic heterocycles. The highest BCUT2D eigenvalue weighted by atomic mass is 16.4. The molecule has 0 saturated heterocycles. The van der Waals surface area contributed by atoms with Crippen LogP contribution in [-0.4, -0.2) is 87.9 Å². The lowest BCUT2D eigenvalue weighted by molar-refractivity contribution is -0.142. The van der Waals surface area contributed by atoms with Gasteiger partial charge in [-0.3, -0.25) is 19.4 Å². The lowest BCUT2D eigenvalue weighted by atomic mass is 10.1. The monoisotopic (exact) mass is 447 g/mol. The summed E-state index contributed by atoms with van der Waals surface area (Å²) in [6, 6.07) is -5.21. The van der Waals surface area contributed by atoms with Crippen molar-refractivity contribution in [2.45, 2.75) is 70.0 Å². The van der Waals surface area contributed by atoms with E-state index in [4.69, 9.17) is 17.2 Å². The van der Waals surface area contributed by atoms with Crippen LogP contribution in [0.25, 0.3) is 0 Å². The molecule has 0 aliphatic rings. The van der Waals surface area contributed by atoms with Crippen molar-refractivity contribution in [2.24, 2.45) is 22.2 Å². The number of aliphatic hydroxyl groups is 2. The minimum atomic E-state index is -1.46. The average molecular weight is 447 g/mol. The fraction of sp³-hybridized carbons (Fsp3) is 0.706. The quantitative estimate of drug-likeness (QED) is 0.0745. The molecule has 178 valence electrons. The number of carbonyl (C=O) groups excluding carboxylic acids is 3. The van der Waals surface area contributed by atoms with E-state index in [1.165, 1.54) is 20.8 Å². The molecule has 0 bridgehead atoms. The Morgan fingerprint density at radius 1 is 0.903 bits per heavy atom. The number of aliphatic carboxylic acids is 1. The number of aliphatic hydroxyl groups excluding tert-OH is 2. The third kappa shape index (κ3) is 10.6. The number of rotatable bonds is 13. The van der Waals surface area contributed by atoms with E-state index in [0.717, 1.165) is 0 Å². The van der Waals surface area contributed by atoms with E-state index in [2.05, 4.69) is 20.9 Å². The van der Waals surface area contributed by atoms with E-state index in [1.54, 1.807) is 0 Å². The standard InChI is InChI=1S/C17H33N7O7/c1-7(13(27)23-10(16(30)31)5-4-6-21-17(19)20)22-15(29)12(9(3)26)24-14(28)11(18)8(2)25/h7-12,25-26H,4-6,18H2,1-3H3,(H,22,29)(H,23,27)(H,24,28)(H,30,31)(H4,19,20,21)/t7-,8+,9+,10-,11-,12-/m0/s1. The van der Waals surface area contributed by atoms with Gasteiger partial charge in [0.2, 0.25) is 17.7 Å². The fourth-order valence-electron chi connectivity index (χ4n) is 2.30. The van der Waals surface area contributed by atoms with Crippen LogP contribution >= 0.6 is 0 Å². The van der Waals surface area contributed by atoms with Crippen LogP contribution in [0.15, 0.2) is 4.99 Å². The van der Waals surface area contributed by atoms with Crippen molar-refractivity contribution < 1.29 is 34.5 Å². The molecule has 3 amide bonds. The van der Waals surface area contributed by atoms with Crippen molar-refractivity contribution >= 4 is 29.7 Å². The topological polar surface area (TPSA) is 255 Å². The fourth-order valence-corrected chi connectivity index (χ4v) is 2.30. The minimum absolute atomic E-state index is 0.0438. The molecule has 0 aliphatic carbocycles. The number of carboxylic acids is 1. The smallest absolute Gasteiger partial charge is 0.326 e. The summed E-state index contributed by atoms with van der Waals surface area (Å²) in [6.07, 6.45) is -2.21. The molecular weight excluding hydrogens is 414 g/mol. The summed E-state index contributed by atoms with van der Waals surface area (Å²) in [6.45, 7) is 4.00. The molecule has 0 spiro atoms. The van der Waals surface area contributed by atoms with Gasteiger partial charge in [-0.05, 0) is 33.6 Å². The minimum Gasteiger partial charge on any atom is -0.480 e. The Morgan fingerprint density at radius 3 is 1.94 bits per heavy atom. The van der Waals surface area contributed by atoms with Gasteiger partial charge in [0, 0.05) is 6.54 Å². The van der Waals surface area contributed by atoms with Gasteiger partial charge in [0.15, 0.2) is 5.96 Å². The van der Waals surface area contributed by atoms with Crippen molar-refractivity contribution in [1.82, 2.24) is 16.0 Å². The van der Waals surface area contributed by atoms with Gasteiger partial charge in [0.1, 0.15) is 24.2 Å². The Morgan fingerprint density at radius 2 is 1.48 bits per heavy atom. The molecule has 31 heavy (non-hydrogen) atoms. The molecule has 0 radical (unpaired) electrons. The number of carboxylic acid groups (broad SMARTS) is 1. The van der Waals surface area contributed by atoms with Crippen LogP contribution in [-0.2, 0) is 19.2 Å². The molecule has 0 fully saturated rings. The SMILES string of the molecule is C[C@H](NC(=O)[C@@H](NC(=O)[C@@H](N)[C@@H](C)O)[C@@H](C)O)C(=O)N[C@@H](CCCN=C(N)N)C(=O)O. The lowest BCUT2D eigenvalue weighted by Gasteiger charge is -2.25. The second-order valence-corrected chi connectivity index (χ2v) is 7.07. The number of hydrogen-bond donors (Lipinski definition) is 9. The molecule has 0 aromatic rings. The maximum atomic E-state index is 12.4. The Hall–Kier alpha value is -2.97. The Bertz CT molecular complexity index is 665. The highest BCUT2D eigenvalue weighted by molar-refractivity contribution is 5.94. The molecule has 14 nitrogen and oxygen atoms in total. The molecule has 0 aromatic carbocycles. The lowest BCUT2D eigenvalue weighted by Crippen LogP contribution is -2.60. The summed E-state index contributed by atoms with van der Waals surface area (Å²) in [7, 11) is 0. The van der Waals surface area contributed by atoms with Crippen LogP contribution in [0.1, 0.15) is 33.6 Å². The molecule has 0 saturated carbocycles. The molecule has 14 heteroatoms. The van der Waals surface area contributed by atoms with Crippen LogP contribution in [0.5, 0.6) is 0 Å². The van der Waals surface area contributed by atoms with Gasteiger partial charge in [0.05, 0.1) is 12.2 Å². The van der Waals surface area contributed by atoms with E-state index in [9.17, 15) is 34.5 Å². The van der Waals surface area contributed by atoms with Crippen molar-refractivity contribution in [3.63, 3.8) is 0 Å². The number of amides is 3. The van der Waals surface area contributed by atoms with Crippen LogP contribution in [0.3, 0.4) is 0 Å². The van der Waals surface area contributed by atoms with E-state index in [0.29, 0.717) is 0 Å². The van der Waals surface area contributed by atoms with Crippen molar-refractivity contribution in [3.8, 4) is 0 Å². The van der Waals surface area contributed by atoms with Gasteiger partial charge < -0.3 is 48.5 Å². The van der Waals surface area contributed by atoms with Crippen LogP contribution in [0.4, 0.5) is 0 Å². The zero-order valence-corrected chi connectivity index (χ0v) is 17.7. The highest BCUT2D eigenvalue weighted by Gasteiger charge is 2.31. The maximum absolute atomic E-state index is 12.4. The zero-order chi connectivity index (χ0) is 24.3. The van der Waals surface area contributed by atoms with E-state index in [1.807, 2.05) is 0 Å². The van der Waals surface area contributed by atoms with E-state index < -0.39 is 60.1 Å². The molecular formula is C17H33N7O7. The van der Waals surface area contributed by atoms with Crippen molar-refractivity contribution in [1.29, 1.82) is 0 Å². The normalized spacial score (nSPS) is 16.6. The first kappa shape index (κ1) is 28.0. The predicted molar refractivity (Wildman–Crippen MR) is 110 cm³/mol. The second kappa shape index (κ2) is 13.4. The third-order valence-electron chi connectivity index (χ3n) is 4.20. The van der Waals surface area contributed by atoms with Gasteiger partial charge in [-0.15, -0.1) is 0 Å². The van der Waals surface area contributed by atoms with Gasteiger partial charge in [-0.25, -0.2) is 4.79 Å². The number of hydrogen-bond acceptors (Lipinski definition) is 8. The first-order valence-corrected chi connectivity index (χ1v) is 9.58. The van der Waals surface area contributed by atoms with Crippen molar-refractivity contribution in [3.05, 3.63) is 0 Å². The number of guanidine groups is 1. The first-order valence-electron chi connectivity index (χ1n) is 9.58. The second-order valence-electron chi connectivity index (χ2n) is 7.07. The Balaban J connectivity index is 4.94. The molecule has 6 atom stereocenters. The zero-order valence-electron chi connectivity index (χ0n) is 17.7. The van der Waals surface area contributed by atoms with Crippen molar-refractivity contribution in [2.75, 3.05) is 6.54 Å². The van der Waals surface area contributed by atoms with Gasteiger partial charge in [-0.2, -0.15) is 0 Å². The molecule has 0 unspecified atom stereocenters.